The minimum absolute atomic E-state index is 0.153. The molecule has 0 saturated heterocycles. The molecule has 4 nitrogen and oxygen atoms in total. The van der Waals surface area contributed by atoms with Gasteiger partial charge in [0.2, 0.25) is 0 Å². The van der Waals surface area contributed by atoms with Crippen LogP contribution < -0.4 is 10.2 Å². The standard InChI is InChI=1S/C23H22N2O2/c1-25(21-13-6-3-7-14-21)23(27)20-12-8-11-19(17-20)22(26)24-16-15-18-9-4-2-5-10-18/h2-14,17H,15-16H2,1H3,(H,24,26). The van der Waals surface area contributed by atoms with Crippen LogP contribution in [0.15, 0.2) is 84.9 Å². The van der Waals surface area contributed by atoms with Crippen molar-refractivity contribution in [3.05, 3.63) is 102 Å². The number of rotatable bonds is 6. The zero-order valence-corrected chi connectivity index (χ0v) is 15.3. The second kappa shape index (κ2) is 8.81. The second-order valence-electron chi connectivity index (χ2n) is 6.27. The normalized spacial score (nSPS) is 10.3. The van der Waals surface area contributed by atoms with E-state index in [1.54, 1.807) is 36.2 Å². The lowest BCUT2D eigenvalue weighted by molar-refractivity contribution is 0.0954. The maximum atomic E-state index is 12.7. The predicted molar refractivity (Wildman–Crippen MR) is 108 cm³/mol. The van der Waals surface area contributed by atoms with Gasteiger partial charge in [-0.15, -0.1) is 0 Å². The molecule has 0 aliphatic rings. The monoisotopic (exact) mass is 358 g/mol. The topological polar surface area (TPSA) is 49.4 Å². The van der Waals surface area contributed by atoms with Crippen LogP contribution in [0.3, 0.4) is 0 Å². The molecule has 0 fully saturated rings. The van der Waals surface area contributed by atoms with Crippen LogP contribution in [0.25, 0.3) is 0 Å². The van der Waals surface area contributed by atoms with Gasteiger partial charge in [-0.3, -0.25) is 9.59 Å². The van der Waals surface area contributed by atoms with Gasteiger partial charge in [0.25, 0.3) is 11.8 Å². The van der Waals surface area contributed by atoms with Gasteiger partial charge in [0.05, 0.1) is 0 Å². The third-order valence-electron chi connectivity index (χ3n) is 4.36. The Morgan fingerprint density at radius 2 is 1.44 bits per heavy atom. The van der Waals surface area contributed by atoms with E-state index in [1.165, 1.54) is 5.56 Å². The largest absolute Gasteiger partial charge is 0.352 e. The highest BCUT2D eigenvalue weighted by Crippen LogP contribution is 2.15. The molecule has 136 valence electrons. The smallest absolute Gasteiger partial charge is 0.258 e. The van der Waals surface area contributed by atoms with E-state index in [4.69, 9.17) is 0 Å². The van der Waals surface area contributed by atoms with E-state index in [1.807, 2.05) is 60.7 Å². The van der Waals surface area contributed by atoms with E-state index in [0.717, 1.165) is 12.1 Å². The molecule has 1 N–H and O–H groups in total. The molecule has 0 unspecified atom stereocenters. The summed E-state index contributed by atoms with van der Waals surface area (Å²) in [6.07, 6.45) is 0.766. The maximum Gasteiger partial charge on any atom is 0.258 e. The van der Waals surface area contributed by atoms with Gasteiger partial charge in [-0.1, -0.05) is 54.6 Å². The Kier molecular flexibility index (Phi) is 6.00. The molecule has 0 radical (unpaired) electrons. The van der Waals surface area contributed by atoms with Crippen molar-refractivity contribution in [3.8, 4) is 0 Å². The van der Waals surface area contributed by atoms with Crippen molar-refractivity contribution in [1.29, 1.82) is 0 Å². The predicted octanol–water partition coefficient (Wildman–Crippen LogP) is 3.94. The molecule has 3 aromatic rings. The van der Waals surface area contributed by atoms with Crippen LogP contribution in [0.1, 0.15) is 26.3 Å². The summed E-state index contributed by atoms with van der Waals surface area (Å²) in [5.41, 5.74) is 2.94. The van der Waals surface area contributed by atoms with Gasteiger partial charge in [0.15, 0.2) is 0 Å². The molecule has 0 saturated carbocycles. The first-order chi connectivity index (χ1) is 13.1. The number of amides is 2. The summed E-state index contributed by atoms with van der Waals surface area (Å²) in [6, 6.07) is 26.2. The average Bonchev–Trinajstić information content (AvgIpc) is 2.74. The number of nitrogens with one attached hydrogen (secondary N) is 1. The van der Waals surface area contributed by atoms with Crippen LogP contribution in [0.5, 0.6) is 0 Å². The number of hydrogen-bond donors (Lipinski definition) is 1. The van der Waals surface area contributed by atoms with Gasteiger partial charge in [-0.25, -0.2) is 0 Å². The second-order valence-corrected chi connectivity index (χ2v) is 6.27. The van der Waals surface area contributed by atoms with Crippen LogP contribution in [0.2, 0.25) is 0 Å². The molecule has 3 aromatic carbocycles. The van der Waals surface area contributed by atoms with Gasteiger partial charge >= 0.3 is 0 Å². The molecule has 27 heavy (non-hydrogen) atoms. The van der Waals surface area contributed by atoms with Gasteiger partial charge in [0.1, 0.15) is 0 Å². The maximum absolute atomic E-state index is 12.7. The minimum Gasteiger partial charge on any atom is -0.352 e. The van der Waals surface area contributed by atoms with Crippen molar-refractivity contribution in [2.75, 3.05) is 18.5 Å². The summed E-state index contributed by atoms with van der Waals surface area (Å²) < 4.78 is 0. The minimum atomic E-state index is -0.178. The number of carbonyl (C=O) groups is 2. The highest BCUT2D eigenvalue weighted by molar-refractivity contribution is 6.07. The van der Waals surface area contributed by atoms with E-state index in [-0.39, 0.29) is 11.8 Å². The van der Waals surface area contributed by atoms with E-state index >= 15 is 0 Å². The van der Waals surface area contributed by atoms with Crippen LogP contribution in [0, 0.1) is 0 Å². The molecule has 0 aromatic heterocycles. The quantitative estimate of drug-likeness (QED) is 0.726. The van der Waals surface area contributed by atoms with Crippen molar-refractivity contribution in [2.45, 2.75) is 6.42 Å². The number of benzene rings is 3. The van der Waals surface area contributed by atoms with Gasteiger partial charge < -0.3 is 10.2 Å². The van der Waals surface area contributed by atoms with Crippen molar-refractivity contribution in [3.63, 3.8) is 0 Å². The molecule has 0 aliphatic carbocycles. The van der Waals surface area contributed by atoms with Crippen LogP contribution >= 0.6 is 0 Å². The molecular weight excluding hydrogens is 336 g/mol. The third kappa shape index (κ3) is 4.82. The van der Waals surface area contributed by atoms with E-state index < -0.39 is 0 Å². The van der Waals surface area contributed by atoms with Crippen LogP contribution in [-0.2, 0) is 6.42 Å². The van der Waals surface area contributed by atoms with Crippen molar-refractivity contribution in [2.24, 2.45) is 0 Å². The fourth-order valence-electron chi connectivity index (χ4n) is 2.82. The first-order valence-electron chi connectivity index (χ1n) is 8.90. The zero-order chi connectivity index (χ0) is 19.1. The summed E-state index contributed by atoms with van der Waals surface area (Å²) in [6.45, 7) is 0.547. The highest BCUT2D eigenvalue weighted by atomic mass is 16.2. The Morgan fingerprint density at radius 1 is 0.815 bits per heavy atom. The summed E-state index contributed by atoms with van der Waals surface area (Å²) in [7, 11) is 1.73. The van der Waals surface area contributed by atoms with Crippen LogP contribution in [0.4, 0.5) is 5.69 Å². The molecule has 0 heterocycles. The Bertz CT molecular complexity index is 908. The lowest BCUT2D eigenvalue weighted by atomic mass is 10.1. The van der Waals surface area contributed by atoms with Crippen molar-refractivity contribution < 1.29 is 9.59 Å². The molecular formula is C23H22N2O2. The van der Waals surface area contributed by atoms with Gasteiger partial charge in [-0.2, -0.15) is 0 Å². The van der Waals surface area contributed by atoms with E-state index in [2.05, 4.69) is 5.32 Å². The van der Waals surface area contributed by atoms with Gasteiger partial charge in [0, 0.05) is 30.4 Å². The number of para-hydroxylation sites is 1. The zero-order valence-electron chi connectivity index (χ0n) is 15.3. The third-order valence-corrected chi connectivity index (χ3v) is 4.36. The summed E-state index contributed by atoms with van der Waals surface area (Å²) in [5.74, 6) is -0.330. The molecule has 2 amide bonds. The molecule has 4 heteroatoms. The van der Waals surface area contributed by atoms with Crippen molar-refractivity contribution in [1.82, 2.24) is 5.32 Å². The number of anilines is 1. The molecule has 0 spiro atoms. The number of nitrogens with zero attached hydrogens (tertiary/aromatic N) is 1. The average molecular weight is 358 g/mol. The number of carbonyl (C=O) groups excluding carboxylic acids is 2. The van der Waals surface area contributed by atoms with E-state index in [0.29, 0.717) is 17.7 Å². The Morgan fingerprint density at radius 3 is 2.15 bits per heavy atom. The molecule has 0 atom stereocenters. The van der Waals surface area contributed by atoms with E-state index in [9.17, 15) is 9.59 Å². The highest BCUT2D eigenvalue weighted by Gasteiger charge is 2.15. The number of hydrogen-bond acceptors (Lipinski definition) is 2. The lowest BCUT2D eigenvalue weighted by Crippen LogP contribution is -2.28. The fourth-order valence-corrected chi connectivity index (χ4v) is 2.82. The van der Waals surface area contributed by atoms with Gasteiger partial charge in [-0.05, 0) is 42.3 Å². The summed E-state index contributed by atoms with van der Waals surface area (Å²) >= 11 is 0. The molecule has 0 bridgehead atoms. The van der Waals surface area contributed by atoms with Crippen molar-refractivity contribution >= 4 is 17.5 Å². The lowest BCUT2D eigenvalue weighted by Gasteiger charge is -2.17. The molecule has 0 aliphatic heterocycles. The molecule has 3 rings (SSSR count). The fraction of sp³-hybridized carbons (Fsp3) is 0.130. The van der Waals surface area contributed by atoms with Crippen LogP contribution in [-0.4, -0.2) is 25.4 Å². The SMILES string of the molecule is CN(C(=O)c1cccc(C(=O)NCCc2ccccc2)c1)c1ccccc1. The first-order valence-corrected chi connectivity index (χ1v) is 8.90. The Labute approximate surface area is 159 Å². The first kappa shape index (κ1) is 18.4. The summed E-state index contributed by atoms with van der Waals surface area (Å²) in [5, 5.41) is 2.91. The Balaban J connectivity index is 1.64. The Hall–Kier alpha value is -3.40. The summed E-state index contributed by atoms with van der Waals surface area (Å²) in [4.78, 5) is 26.7.